The van der Waals surface area contributed by atoms with Gasteiger partial charge in [0.2, 0.25) is 5.91 Å². The Labute approximate surface area is 126 Å². The van der Waals surface area contributed by atoms with E-state index in [4.69, 9.17) is 4.74 Å². The summed E-state index contributed by atoms with van der Waals surface area (Å²) in [4.78, 5) is 23.7. The van der Waals surface area contributed by atoms with E-state index in [0.29, 0.717) is 24.4 Å². The van der Waals surface area contributed by atoms with Crippen LogP contribution in [0.3, 0.4) is 0 Å². The molecule has 5 nitrogen and oxygen atoms in total. The molecule has 5 heteroatoms. The van der Waals surface area contributed by atoms with Crippen molar-refractivity contribution in [2.45, 2.75) is 27.2 Å². The Balaban J connectivity index is 2.54. The maximum absolute atomic E-state index is 11.9. The first-order chi connectivity index (χ1) is 9.84. The molecule has 0 radical (unpaired) electrons. The highest BCUT2D eigenvalue weighted by atomic mass is 16.5. The summed E-state index contributed by atoms with van der Waals surface area (Å²) >= 11 is 0. The third kappa shape index (κ3) is 5.95. The maximum Gasteiger partial charge on any atom is 0.251 e. The van der Waals surface area contributed by atoms with E-state index in [1.165, 1.54) is 0 Å². The van der Waals surface area contributed by atoms with E-state index >= 15 is 0 Å². The normalized spacial score (nSPS) is 11.0. The molecule has 1 aromatic carbocycles. The summed E-state index contributed by atoms with van der Waals surface area (Å²) in [5.74, 6) is -0.181. The zero-order chi connectivity index (χ0) is 15.9. The Morgan fingerprint density at radius 1 is 1.14 bits per heavy atom. The summed E-state index contributed by atoms with van der Waals surface area (Å²) in [5.41, 5.74) is 0.809. The van der Waals surface area contributed by atoms with Crippen molar-refractivity contribution in [2.75, 3.05) is 25.6 Å². The van der Waals surface area contributed by atoms with Crippen LogP contribution in [-0.2, 0) is 9.53 Å². The van der Waals surface area contributed by atoms with Crippen molar-refractivity contribution in [3.05, 3.63) is 29.8 Å². The average molecular weight is 292 g/mol. The Morgan fingerprint density at radius 3 is 2.29 bits per heavy atom. The highest BCUT2D eigenvalue weighted by molar-refractivity contribution is 5.97. The van der Waals surface area contributed by atoms with Gasteiger partial charge in [0.05, 0.1) is 0 Å². The molecule has 0 saturated heterocycles. The summed E-state index contributed by atoms with van der Waals surface area (Å²) in [6, 6.07) is 6.86. The highest BCUT2D eigenvalue weighted by Crippen LogP contribution is 2.17. The fraction of sp³-hybridized carbons (Fsp3) is 0.500. The zero-order valence-electron chi connectivity index (χ0n) is 13.2. The van der Waals surface area contributed by atoms with Gasteiger partial charge in [-0.25, -0.2) is 0 Å². The lowest BCUT2D eigenvalue weighted by molar-refractivity contribution is -0.123. The van der Waals surface area contributed by atoms with E-state index in [2.05, 4.69) is 10.6 Å². The van der Waals surface area contributed by atoms with E-state index < -0.39 is 5.41 Å². The number of ether oxygens (including phenoxy) is 1. The van der Waals surface area contributed by atoms with Crippen LogP contribution in [0.4, 0.5) is 5.69 Å². The van der Waals surface area contributed by atoms with Gasteiger partial charge in [-0.15, -0.1) is 0 Å². The third-order valence-electron chi connectivity index (χ3n) is 2.90. The monoisotopic (exact) mass is 292 g/mol. The number of amides is 2. The van der Waals surface area contributed by atoms with Crippen LogP contribution in [0.1, 0.15) is 37.6 Å². The van der Waals surface area contributed by atoms with Crippen LogP contribution in [-0.4, -0.2) is 32.1 Å². The molecule has 1 aromatic rings. The summed E-state index contributed by atoms with van der Waals surface area (Å²) in [6.07, 6.45) is 0.780. The molecule has 0 unspecified atom stereocenters. The first-order valence-corrected chi connectivity index (χ1v) is 7.03. The number of benzene rings is 1. The lowest BCUT2D eigenvalue weighted by atomic mass is 9.95. The standard InChI is InChI=1S/C16H24N2O3/c1-16(2,3)15(20)18-13-8-6-12(7-9-13)14(19)17-10-5-11-21-4/h6-9H,5,10-11H2,1-4H3,(H,17,19)(H,18,20). The summed E-state index contributed by atoms with van der Waals surface area (Å²) in [6.45, 7) is 6.76. The lowest BCUT2D eigenvalue weighted by Crippen LogP contribution is -2.27. The number of carbonyl (C=O) groups is 2. The minimum Gasteiger partial charge on any atom is -0.385 e. The van der Waals surface area contributed by atoms with Gasteiger partial charge in [0.25, 0.3) is 5.91 Å². The SMILES string of the molecule is COCCCNC(=O)c1ccc(NC(=O)C(C)(C)C)cc1. The molecule has 0 aliphatic rings. The first kappa shape index (κ1) is 17.2. The molecule has 116 valence electrons. The molecule has 1 rings (SSSR count). The van der Waals surface area contributed by atoms with Crippen molar-refractivity contribution in [3.63, 3.8) is 0 Å². The molecule has 0 aliphatic heterocycles. The van der Waals surface area contributed by atoms with Gasteiger partial charge in [0, 0.05) is 36.9 Å². The molecule has 0 saturated carbocycles. The van der Waals surface area contributed by atoms with Gasteiger partial charge in [0.1, 0.15) is 0 Å². The third-order valence-corrected chi connectivity index (χ3v) is 2.90. The van der Waals surface area contributed by atoms with Crippen LogP contribution in [0.15, 0.2) is 24.3 Å². The van der Waals surface area contributed by atoms with Crippen LogP contribution in [0.25, 0.3) is 0 Å². The van der Waals surface area contributed by atoms with Crippen LogP contribution in [0, 0.1) is 5.41 Å². The number of hydrogen-bond acceptors (Lipinski definition) is 3. The molecule has 0 spiro atoms. The first-order valence-electron chi connectivity index (χ1n) is 7.03. The van der Waals surface area contributed by atoms with E-state index in [0.717, 1.165) is 6.42 Å². The van der Waals surface area contributed by atoms with Crippen molar-refractivity contribution >= 4 is 17.5 Å². The van der Waals surface area contributed by atoms with Gasteiger partial charge in [-0.1, -0.05) is 20.8 Å². The van der Waals surface area contributed by atoms with Crippen LogP contribution in [0.2, 0.25) is 0 Å². The summed E-state index contributed by atoms with van der Waals surface area (Å²) in [7, 11) is 1.63. The topological polar surface area (TPSA) is 67.4 Å². The van der Waals surface area contributed by atoms with Crippen molar-refractivity contribution in [2.24, 2.45) is 5.41 Å². The minimum atomic E-state index is -0.447. The van der Waals surface area contributed by atoms with Crippen molar-refractivity contribution in [3.8, 4) is 0 Å². The quantitative estimate of drug-likeness (QED) is 0.791. The fourth-order valence-electron chi connectivity index (χ4n) is 1.54. The Hall–Kier alpha value is -1.88. The van der Waals surface area contributed by atoms with Crippen molar-refractivity contribution in [1.29, 1.82) is 0 Å². The molecular formula is C16H24N2O3. The molecule has 0 bridgehead atoms. The van der Waals surface area contributed by atoms with E-state index in [1.807, 2.05) is 20.8 Å². The Morgan fingerprint density at radius 2 is 1.76 bits per heavy atom. The summed E-state index contributed by atoms with van der Waals surface area (Å²) < 4.78 is 4.92. The van der Waals surface area contributed by atoms with Crippen molar-refractivity contribution in [1.82, 2.24) is 5.32 Å². The summed E-state index contributed by atoms with van der Waals surface area (Å²) in [5, 5.41) is 5.63. The fourth-order valence-corrected chi connectivity index (χ4v) is 1.54. The number of methoxy groups -OCH3 is 1. The second-order valence-electron chi connectivity index (χ2n) is 5.88. The number of anilines is 1. The molecule has 2 N–H and O–H groups in total. The van der Waals surface area contributed by atoms with Gasteiger partial charge >= 0.3 is 0 Å². The Kier molecular flexibility index (Phi) is 6.37. The van der Waals surface area contributed by atoms with Gasteiger partial charge < -0.3 is 15.4 Å². The predicted octanol–water partition coefficient (Wildman–Crippen LogP) is 2.44. The second kappa shape index (κ2) is 7.78. The second-order valence-corrected chi connectivity index (χ2v) is 5.88. The van der Waals surface area contributed by atoms with Crippen LogP contribution < -0.4 is 10.6 Å². The molecule has 0 fully saturated rings. The molecule has 0 aromatic heterocycles. The van der Waals surface area contributed by atoms with Crippen LogP contribution >= 0.6 is 0 Å². The lowest BCUT2D eigenvalue weighted by Gasteiger charge is -2.17. The zero-order valence-corrected chi connectivity index (χ0v) is 13.2. The molecule has 0 atom stereocenters. The van der Waals surface area contributed by atoms with Crippen molar-refractivity contribution < 1.29 is 14.3 Å². The van der Waals surface area contributed by atoms with E-state index in [1.54, 1.807) is 31.4 Å². The van der Waals surface area contributed by atoms with E-state index in [-0.39, 0.29) is 11.8 Å². The van der Waals surface area contributed by atoms with Gasteiger partial charge in [-0.2, -0.15) is 0 Å². The minimum absolute atomic E-state index is 0.0562. The van der Waals surface area contributed by atoms with Crippen LogP contribution in [0.5, 0.6) is 0 Å². The smallest absolute Gasteiger partial charge is 0.251 e. The molecule has 0 heterocycles. The molecule has 0 aliphatic carbocycles. The predicted molar refractivity (Wildman–Crippen MR) is 83.4 cm³/mol. The molecule has 21 heavy (non-hydrogen) atoms. The van der Waals surface area contributed by atoms with Gasteiger partial charge in [-0.3, -0.25) is 9.59 Å². The number of rotatable bonds is 6. The largest absolute Gasteiger partial charge is 0.385 e. The average Bonchev–Trinajstić information content (AvgIpc) is 2.43. The molecule has 2 amide bonds. The van der Waals surface area contributed by atoms with E-state index in [9.17, 15) is 9.59 Å². The number of hydrogen-bond donors (Lipinski definition) is 2. The Bertz CT molecular complexity index is 475. The maximum atomic E-state index is 11.9. The number of nitrogens with one attached hydrogen (secondary N) is 2. The molecular weight excluding hydrogens is 268 g/mol. The highest BCUT2D eigenvalue weighted by Gasteiger charge is 2.21. The number of carbonyl (C=O) groups excluding carboxylic acids is 2. The van der Waals surface area contributed by atoms with Gasteiger partial charge in [-0.05, 0) is 30.7 Å². The van der Waals surface area contributed by atoms with Gasteiger partial charge in [0.15, 0.2) is 0 Å².